The molecule has 0 aromatic heterocycles. The van der Waals surface area contributed by atoms with Gasteiger partial charge in [-0.05, 0) is 18.6 Å². The van der Waals surface area contributed by atoms with Crippen LogP contribution in [0.4, 0.5) is 0 Å². The molecule has 1 aromatic carbocycles. The van der Waals surface area contributed by atoms with Crippen molar-refractivity contribution in [2.75, 3.05) is 27.3 Å². The topological polar surface area (TPSA) is 39.7 Å². The van der Waals surface area contributed by atoms with Gasteiger partial charge in [0.2, 0.25) is 0 Å². The van der Waals surface area contributed by atoms with Crippen LogP contribution in [0.2, 0.25) is 0 Å². The van der Waals surface area contributed by atoms with Gasteiger partial charge < -0.3 is 19.5 Å². The summed E-state index contributed by atoms with van der Waals surface area (Å²) in [6.07, 6.45) is 1.34. The quantitative estimate of drug-likeness (QED) is 0.890. The van der Waals surface area contributed by atoms with E-state index in [9.17, 15) is 0 Å². The van der Waals surface area contributed by atoms with E-state index in [2.05, 4.69) is 12.2 Å². The van der Waals surface area contributed by atoms with Crippen molar-refractivity contribution >= 4 is 0 Å². The lowest BCUT2D eigenvalue weighted by Gasteiger charge is -2.31. The van der Waals surface area contributed by atoms with E-state index in [1.807, 2.05) is 18.2 Å². The van der Waals surface area contributed by atoms with Crippen molar-refractivity contribution in [2.24, 2.45) is 0 Å². The van der Waals surface area contributed by atoms with Crippen LogP contribution in [-0.4, -0.2) is 33.4 Å². The lowest BCUT2D eigenvalue weighted by molar-refractivity contribution is -0.0408. The van der Waals surface area contributed by atoms with Crippen LogP contribution in [-0.2, 0) is 4.74 Å². The molecular formula is C14H21NO3. The number of hydrogen-bond acceptors (Lipinski definition) is 4. The van der Waals surface area contributed by atoms with Crippen molar-refractivity contribution in [3.05, 3.63) is 23.8 Å². The minimum absolute atomic E-state index is 0.0459. The molecule has 4 nitrogen and oxygen atoms in total. The molecule has 1 fully saturated rings. The number of morpholine rings is 1. The smallest absolute Gasteiger partial charge is 0.128 e. The van der Waals surface area contributed by atoms with Gasteiger partial charge in [-0.15, -0.1) is 0 Å². The van der Waals surface area contributed by atoms with Gasteiger partial charge >= 0.3 is 0 Å². The summed E-state index contributed by atoms with van der Waals surface area (Å²) in [6.45, 7) is 3.88. The monoisotopic (exact) mass is 251 g/mol. The van der Waals surface area contributed by atoms with Gasteiger partial charge in [0.25, 0.3) is 0 Å². The second-order valence-electron chi connectivity index (χ2n) is 4.42. The highest BCUT2D eigenvalue weighted by Gasteiger charge is 2.24. The number of benzene rings is 1. The normalized spacial score (nSPS) is 23.7. The molecule has 4 heteroatoms. The molecule has 0 radical (unpaired) electrons. The van der Waals surface area contributed by atoms with Gasteiger partial charge in [-0.1, -0.05) is 6.92 Å². The van der Waals surface area contributed by atoms with Crippen LogP contribution in [0.5, 0.6) is 11.5 Å². The highest BCUT2D eigenvalue weighted by molar-refractivity contribution is 5.42. The Morgan fingerprint density at radius 1 is 1.28 bits per heavy atom. The minimum atomic E-state index is 0.0459. The zero-order chi connectivity index (χ0) is 13.0. The number of rotatable bonds is 4. The lowest BCUT2D eigenvalue weighted by Crippen LogP contribution is -2.40. The fraction of sp³-hybridized carbons (Fsp3) is 0.571. The minimum Gasteiger partial charge on any atom is -0.497 e. The molecule has 1 aromatic rings. The zero-order valence-corrected chi connectivity index (χ0v) is 11.2. The zero-order valence-electron chi connectivity index (χ0n) is 11.2. The van der Waals surface area contributed by atoms with Crippen molar-refractivity contribution in [3.63, 3.8) is 0 Å². The van der Waals surface area contributed by atoms with Gasteiger partial charge in [-0.3, -0.25) is 0 Å². The van der Waals surface area contributed by atoms with E-state index in [4.69, 9.17) is 14.2 Å². The van der Waals surface area contributed by atoms with Gasteiger partial charge in [-0.25, -0.2) is 0 Å². The van der Waals surface area contributed by atoms with E-state index in [0.717, 1.165) is 36.6 Å². The molecule has 1 saturated heterocycles. The molecule has 2 atom stereocenters. The summed E-state index contributed by atoms with van der Waals surface area (Å²) in [4.78, 5) is 0. The second kappa shape index (κ2) is 6.07. The molecule has 18 heavy (non-hydrogen) atoms. The highest BCUT2D eigenvalue weighted by Crippen LogP contribution is 2.33. The SMILES string of the molecule is CCC1CNCC(c2ccc(OC)cc2OC)O1. The average molecular weight is 251 g/mol. The lowest BCUT2D eigenvalue weighted by atomic mass is 10.1. The number of nitrogens with one attached hydrogen (secondary N) is 1. The van der Waals surface area contributed by atoms with Gasteiger partial charge in [0.15, 0.2) is 0 Å². The summed E-state index contributed by atoms with van der Waals surface area (Å²) in [5, 5.41) is 3.40. The van der Waals surface area contributed by atoms with E-state index in [0.29, 0.717) is 0 Å². The predicted molar refractivity (Wildman–Crippen MR) is 70.3 cm³/mol. The average Bonchev–Trinajstić information content (AvgIpc) is 2.46. The molecule has 2 unspecified atom stereocenters. The Kier molecular flexibility index (Phi) is 4.44. The first-order valence-electron chi connectivity index (χ1n) is 6.36. The standard InChI is InChI=1S/C14H21NO3/c1-4-10-8-15-9-14(18-10)12-6-5-11(16-2)7-13(12)17-3/h5-7,10,14-15H,4,8-9H2,1-3H3. The van der Waals surface area contributed by atoms with Crippen molar-refractivity contribution < 1.29 is 14.2 Å². The molecule has 100 valence electrons. The first-order valence-corrected chi connectivity index (χ1v) is 6.36. The molecule has 0 aliphatic carbocycles. The summed E-state index contributed by atoms with van der Waals surface area (Å²) in [5.41, 5.74) is 1.07. The Morgan fingerprint density at radius 3 is 2.78 bits per heavy atom. The maximum atomic E-state index is 6.05. The summed E-state index contributed by atoms with van der Waals surface area (Å²) < 4.78 is 16.7. The summed E-state index contributed by atoms with van der Waals surface area (Å²) in [7, 11) is 3.33. The Bertz CT molecular complexity index is 395. The van der Waals surface area contributed by atoms with E-state index < -0.39 is 0 Å². The molecule has 1 aliphatic rings. The number of methoxy groups -OCH3 is 2. The van der Waals surface area contributed by atoms with Crippen LogP contribution in [0, 0.1) is 0 Å². The molecule has 1 heterocycles. The Morgan fingerprint density at radius 2 is 2.11 bits per heavy atom. The van der Waals surface area contributed by atoms with Crippen LogP contribution in [0.3, 0.4) is 0 Å². The molecule has 0 amide bonds. The maximum Gasteiger partial charge on any atom is 0.128 e. The first kappa shape index (κ1) is 13.2. The van der Waals surface area contributed by atoms with Crippen LogP contribution in [0.1, 0.15) is 25.0 Å². The van der Waals surface area contributed by atoms with E-state index in [-0.39, 0.29) is 12.2 Å². The molecular weight excluding hydrogens is 230 g/mol. The van der Waals surface area contributed by atoms with Gasteiger partial charge in [0, 0.05) is 24.7 Å². The molecule has 0 saturated carbocycles. The molecule has 2 rings (SSSR count). The Balaban J connectivity index is 2.21. The highest BCUT2D eigenvalue weighted by atomic mass is 16.5. The van der Waals surface area contributed by atoms with Crippen LogP contribution < -0.4 is 14.8 Å². The Labute approximate surface area is 108 Å². The summed E-state index contributed by atoms with van der Waals surface area (Å²) in [5.74, 6) is 1.62. The third-order valence-corrected chi connectivity index (χ3v) is 3.30. The third kappa shape index (κ3) is 2.76. The van der Waals surface area contributed by atoms with Gasteiger partial charge in [0.05, 0.1) is 26.4 Å². The molecule has 0 bridgehead atoms. The van der Waals surface area contributed by atoms with Crippen LogP contribution in [0.25, 0.3) is 0 Å². The van der Waals surface area contributed by atoms with E-state index in [1.165, 1.54) is 0 Å². The number of ether oxygens (including phenoxy) is 3. The van der Waals surface area contributed by atoms with Crippen LogP contribution >= 0.6 is 0 Å². The number of hydrogen-bond donors (Lipinski definition) is 1. The Hall–Kier alpha value is -1.26. The fourth-order valence-corrected chi connectivity index (χ4v) is 2.21. The van der Waals surface area contributed by atoms with Crippen molar-refractivity contribution in [1.29, 1.82) is 0 Å². The largest absolute Gasteiger partial charge is 0.497 e. The first-order chi connectivity index (χ1) is 8.78. The summed E-state index contributed by atoms with van der Waals surface area (Å²) in [6, 6.07) is 5.85. The predicted octanol–water partition coefficient (Wildman–Crippen LogP) is 2.14. The van der Waals surface area contributed by atoms with E-state index in [1.54, 1.807) is 14.2 Å². The molecule has 1 aliphatic heterocycles. The molecule has 1 N–H and O–H groups in total. The summed E-state index contributed by atoms with van der Waals surface area (Å²) >= 11 is 0. The van der Waals surface area contributed by atoms with Crippen molar-refractivity contribution in [3.8, 4) is 11.5 Å². The van der Waals surface area contributed by atoms with Gasteiger partial charge in [-0.2, -0.15) is 0 Å². The van der Waals surface area contributed by atoms with Crippen LogP contribution in [0.15, 0.2) is 18.2 Å². The van der Waals surface area contributed by atoms with E-state index >= 15 is 0 Å². The second-order valence-corrected chi connectivity index (χ2v) is 4.42. The van der Waals surface area contributed by atoms with Crippen molar-refractivity contribution in [1.82, 2.24) is 5.32 Å². The third-order valence-electron chi connectivity index (χ3n) is 3.30. The van der Waals surface area contributed by atoms with Crippen molar-refractivity contribution in [2.45, 2.75) is 25.6 Å². The maximum absolute atomic E-state index is 6.05. The fourth-order valence-electron chi connectivity index (χ4n) is 2.21. The van der Waals surface area contributed by atoms with Gasteiger partial charge in [0.1, 0.15) is 11.5 Å². The molecule has 0 spiro atoms.